The minimum atomic E-state index is -0.509. The number of non-ortho nitro benzene ring substituents is 1. The van der Waals surface area contributed by atoms with Gasteiger partial charge in [-0.2, -0.15) is 0 Å². The largest absolute Gasteiger partial charge is 0.481 e. The summed E-state index contributed by atoms with van der Waals surface area (Å²) in [4.78, 5) is 26.0. The zero-order valence-corrected chi connectivity index (χ0v) is 11.3. The molecule has 0 spiro atoms. The van der Waals surface area contributed by atoms with Crippen LogP contribution in [-0.2, 0) is 6.54 Å². The second-order valence-corrected chi connectivity index (χ2v) is 4.20. The lowest BCUT2D eigenvalue weighted by atomic mass is 10.2. The van der Waals surface area contributed by atoms with Gasteiger partial charge in [0.15, 0.2) is 0 Å². The molecule has 0 saturated carbocycles. The van der Waals surface area contributed by atoms with E-state index in [2.05, 4.69) is 10.3 Å². The SMILES string of the molecule is COc1ccc(CNC(=O)c2ccc([N+](=O)[O-])cc2)cn1. The summed E-state index contributed by atoms with van der Waals surface area (Å²) in [6.45, 7) is 0.312. The van der Waals surface area contributed by atoms with Crippen molar-refractivity contribution < 1.29 is 14.5 Å². The van der Waals surface area contributed by atoms with Crippen LogP contribution in [0.3, 0.4) is 0 Å². The molecule has 1 aromatic heterocycles. The van der Waals surface area contributed by atoms with Crippen molar-refractivity contribution in [1.82, 2.24) is 10.3 Å². The third-order valence-electron chi connectivity index (χ3n) is 2.80. The summed E-state index contributed by atoms with van der Waals surface area (Å²) in [6, 6.07) is 8.92. The molecule has 108 valence electrons. The van der Waals surface area contributed by atoms with E-state index in [1.807, 2.05) is 0 Å². The van der Waals surface area contributed by atoms with Gasteiger partial charge in [-0.1, -0.05) is 6.07 Å². The summed E-state index contributed by atoms with van der Waals surface area (Å²) >= 11 is 0. The molecule has 0 atom stereocenters. The molecular formula is C14H13N3O4. The van der Waals surface area contributed by atoms with Gasteiger partial charge in [-0.05, 0) is 17.7 Å². The number of nitrogens with zero attached hydrogens (tertiary/aromatic N) is 2. The maximum atomic E-state index is 11.9. The lowest BCUT2D eigenvalue weighted by molar-refractivity contribution is -0.384. The Bertz CT molecular complexity index is 638. The van der Waals surface area contributed by atoms with Gasteiger partial charge >= 0.3 is 0 Å². The summed E-state index contributed by atoms with van der Waals surface area (Å²) in [5.74, 6) is 0.196. The number of aromatic nitrogens is 1. The molecular weight excluding hydrogens is 274 g/mol. The van der Waals surface area contributed by atoms with E-state index in [4.69, 9.17) is 4.74 Å². The number of benzene rings is 1. The molecule has 7 nitrogen and oxygen atoms in total. The predicted molar refractivity (Wildman–Crippen MR) is 75.1 cm³/mol. The van der Waals surface area contributed by atoms with Crippen LogP contribution in [-0.4, -0.2) is 22.9 Å². The molecule has 21 heavy (non-hydrogen) atoms. The molecule has 2 aromatic rings. The van der Waals surface area contributed by atoms with Crippen molar-refractivity contribution in [1.29, 1.82) is 0 Å². The number of nitro groups is 1. The number of nitro benzene ring substituents is 1. The van der Waals surface area contributed by atoms with E-state index in [9.17, 15) is 14.9 Å². The lowest BCUT2D eigenvalue weighted by Gasteiger charge is -2.05. The van der Waals surface area contributed by atoms with Gasteiger partial charge in [-0.25, -0.2) is 4.98 Å². The highest BCUT2D eigenvalue weighted by Crippen LogP contribution is 2.12. The Hall–Kier alpha value is -2.96. The monoisotopic (exact) mass is 287 g/mol. The smallest absolute Gasteiger partial charge is 0.269 e. The quantitative estimate of drug-likeness (QED) is 0.669. The van der Waals surface area contributed by atoms with Crippen LogP contribution in [0.2, 0.25) is 0 Å². The fourth-order valence-electron chi connectivity index (χ4n) is 1.66. The highest BCUT2D eigenvalue weighted by Gasteiger charge is 2.09. The van der Waals surface area contributed by atoms with Crippen LogP contribution in [0.15, 0.2) is 42.6 Å². The number of carbonyl (C=O) groups excluding carboxylic acids is 1. The Kier molecular flexibility index (Phi) is 4.45. The van der Waals surface area contributed by atoms with E-state index in [1.165, 1.54) is 31.4 Å². The summed E-state index contributed by atoms with van der Waals surface area (Å²) in [7, 11) is 1.53. The first kappa shape index (κ1) is 14.4. The van der Waals surface area contributed by atoms with E-state index in [0.717, 1.165) is 5.56 Å². The number of methoxy groups -OCH3 is 1. The number of nitrogens with one attached hydrogen (secondary N) is 1. The zero-order chi connectivity index (χ0) is 15.2. The fraction of sp³-hybridized carbons (Fsp3) is 0.143. The fourth-order valence-corrected chi connectivity index (χ4v) is 1.66. The molecule has 0 aliphatic heterocycles. The summed E-state index contributed by atoms with van der Waals surface area (Å²) in [6.07, 6.45) is 1.61. The molecule has 7 heteroatoms. The molecule has 0 radical (unpaired) electrons. The maximum absolute atomic E-state index is 11.9. The van der Waals surface area contributed by atoms with Gasteiger partial charge in [-0.15, -0.1) is 0 Å². The molecule has 0 saturated heterocycles. The second kappa shape index (κ2) is 6.47. The van der Waals surface area contributed by atoms with Crippen molar-refractivity contribution in [2.75, 3.05) is 7.11 Å². The Balaban J connectivity index is 1.95. The van der Waals surface area contributed by atoms with E-state index < -0.39 is 4.92 Å². The minimum Gasteiger partial charge on any atom is -0.481 e. The lowest BCUT2D eigenvalue weighted by Crippen LogP contribution is -2.22. The van der Waals surface area contributed by atoms with Gasteiger partial charge in [0.2, 0.25) is 5.88 Å². The number of amides is 1. The first-order valence-electron chi connectivity index (χ1n) is 6.11. The highest BCUT2D eigenvalue weighted by atomic mass is 16.6. The Morgan fingerprint density at radius 1 is 1.29 bits per heavy atom. The van der Waals surface area contributed by atoms with Gasteiger partial charge in [-0.3, -0.25) is 14.9 Å². The predicted octanol–water partition coefficient (Wildman–Crippen LogP) is 1.93. The molecule has 0 bridgehead atoms. The van der Waals surface area contributed by atoms with E-state index in [1.54, 1.807) is 18.3 Å². The average Bonchev–Trinajstić information content (AvgIpc) is 2.53. The molecule has 0 aliphatic rings. The van der Waals surface area contributed by atoms with Crippen LogP contribution in [0.4, 0.5) is 5.69 Å². The molecule has 1 aromatic carbocycles. The highest BCUT2D eigenvalue weighted by molar-refractivity contribution is 5.94. The molecule has 0 unspecified atom stereocenters. The molecule has 1 amide bonds. The topological polar surface area (TPSA) is 94.4 Å². The van der Waals surface area contributed by atoms with Crippen LogP contribution in [0, 0.1) is 10.1 Å². The van der Waals surface area contributed by atoms with Gasteiger partial charge in [0.1, 0.15) is 0 Å². The standard InChI is InChI=1S/C14H13N3O4/c1-21-13-7-2-10(8-15-13)9-16-14(18)11-3-5-12(6-4-11)17(19)20/h2-8H,9H2,1H3,(H,16,18). The zero-order valence-electron chi connectivity index (χ0n) is 11.3. The number of carbonyl (C=O) groups is 1. The van der Waals surface area contributed by atoms with Gasteiger partial charge in [0.05, 0.1) is 12.0 Å². The van der Waals surface area contributed by atoms with Crippen LogP contribution < -0.4 is 10.1 Å². The number of rotatable bonds is 5. The van der Waals surface area contributed by atoms with Gasteiger partial charge in [0, 0.05) is 36.5 Å². The summed E-state index contributed by atoms with van der Waals surface area (Å²) in [5, 5.41) is 13.2. The molecule has 2 rings (SSSR count). The van der Waals surface area contributed by atoms with Crippen molar-refractivity contribution in [3.05, 3.63) is 63.8 Å². The average molecular weight is 287 g/mol. The van der Waals surface area contributed by atoms with Crippen molar-refractivity contribution in [2.45, 2.75) is 6.54 Å². The minimum absolute atomic E-state index is 0.0501. The third kappa shape index (κ3) is 3.75. The molecule has 0 aliphatic carbocycles. The number of hydrogen-bond donors (Lipinski definition) is 1. The van der Waals surface area contributed by atoms with Crippen molar-refractivity contribution in [3.8, 4) is 5.88 Å². The Morgan fingerprint density at radius 3 is 2.52 bits per heavy atom. The van der Waals surface area contributed by atoms with Crippen LogP contribution >= 0.6 is 0 Å². The van der Waals surface area contributed by atoms with Crippen molar-refractivity contribution in [2.24, 2.45) is 0 Å². The Labute approximate surface area is 120 Å². The maximum Gasteiger partial charge on any atom is 0.269 e. The second-order valence-electron chi connectivity index (χ2n) is 4.20. The first-order chi connectivity index (χ1) is 10.1. The summed E-state index contributed by atoms with van der Waals surface area (Å²) in [5.41, 5.74) is 1.14. The summed E-state index contributed by atoms with van der Waals surface area (Å²) < 4.78 is 4.94. The van der Waals surface area contributed by atoms with Gasteiger partial charge in [0.25, 0.3) is 11.6 Å². The molecule has 0 fully saturated rings. The third-order valence-corrected chi connectivity index (χ3v) is 2.80. The van der Waals surface area contributed by atoms with E-state index in [-0.39, 0.29) is 11.6 Å². The van der Waals surface area contributed by atoms with Crippen LogP contribution in [0.25, 0.3) is 0 Å². The van der Waals surface area contributed by atoms with E-state index >= 15 is 0 Å². The normalized spacial score (nSPS) is 9.95. The molecule has 1 N–H and O–H groups in total. The van der Waals surface area contributed by atoms with Crippen molar-refractivity contribution >= 4 is 11.6 Å². The van der Waals surface area contributed by atoms with Gasteiger partial charge < -0.3 is 10.1 Å². The Morgan fingerprint density at radius 2 is 2.00 bits per heavy atom. The first-order valence-corrected chi connectivity index (χ1v) is 6.11. The van der Waals surface area contributed by atoms with Crippen LogP contribution in [0.1, 0.15) is 15.9 Å². The number of hydrogen-bond acceptors (Lipinski definition) is 5. The molecule has 1 heterocycles. The number of ether oxygens (including phenoxy) is 1. The van der Waals surface area contributed by atoms with Crippen LogP contribution in [0.5, 0.6) is 5.88 Å². The number of pyridine rings is 1. The van der Waals surface area contributed by atoms with E-state index in [0.29, 0.717) is 18.0 Å². The van der Waals surface area contributed by atoms with Crippen molar-refractivity contribution in [3.63, 3.8) is 0 Å².